The van der Waals surface area contributed by atoms with Gasteiger partial charge < -0.3 is 9.80 Å². The number of hydrogen-bond donors (Lipinski definition) is 1. The van der Waals surface area contributed by atoms with Crippen LogP contribution in [0.25, 0.3) is 0 Å². The number of nitrogens with one attached hydrogen (secondary N) is 1. The second-order valence-electron chi connectivity index (χ2n) is 7.36. The number of carbonyl (C=O) groups excluding carboxylic acids is 1. The van der Waals surface area contributed by atoms with E-state index < -0.39 is 0 Å². The summed E-state index contributed by atoms with van der Waals surface area (Å²) in [7, 11) is 0. The highest BCUT2D eigenvalue weighted by Crippen LogP contribution is 2.32. The first-order chi connectivity index (χ1) is 13.3. The summed E-state index contributed by atoms with van der Waals surface area (Å²) >= 11 is 3.67. The van der Waals surface area contributed by atoms with Crippen molar-refractivity contribution < 1.29 is 9.69 Å². The van der Waals surface area contributed by atoms with Crippen molar-refractivity contribution in [3.63, 3.8) is 0 Å². The Hall–Kier alpha value is -1.95. The lowest BCUT2D eigenvalue weighted by Gasteiger charge is -2.35. The highest BCUT2D eigenvalue weighted by Gasteiger charge is 2.36. The number of benzene rings is 1. The lowest BCUT2D eigenvalue weighted by Crippen LogP contribution is -3.14. The summed E-state index contributed by atoms with van der Waals surface area (Å²) in [6, 6.07) is 15.3. The molecule has 0 spiro atoms. The molecule has 5 heteroatoms. The van der Waals surface area contributed by atoms with Gasteiger partial charge in [0.25, 0.3) is 5.91 Å². The number of carbonyl (C=O) groups is 1. The SMILES string of the molecule is O=C(C[NH+]1CCc2sccc2[C@H]1c1cccs1)N1CCCc2ccccc21. The Morgan fingerprint density at radius 1 is 1.07 bits per heavy atom. The van der Waals surface area contributed by atoms with Crippen molar-refractivity contribution in [2.24, 2.45) is 0 Å². The maximum Gasteiger partial charge on any atom is 0.282 e. The quantitative estimate of drug-likeness (QED) is 0.723. The summed E-state index contributed by atoms with van der Waals surface area (Å²) < 4.78 is 0. The zero-order valence-corrected chi connectivity index (χ0v) is 16.8. The molecule has 2 atom stereocenters. The summed E-state index contributed by atoms with van der Waals surface area (Å²) in [5.41, 5.74) is 3.85. The Kier molecular flexibility index (Phi) is 4.60. The molecular weight excluding hydrogens is 372 g/mol. The van der Waals surface area contributed by atoms with Crippen LogP contribution in [-0.2, 0) is 17.6 Å². The second kappa shape index (κ2) is 7.23. The number of aryl methyl sites for hydroxylation is 1. The van der Waals surface area contributed by atoms with Crippen LogP contribution in [0, 0.1) is 0 Å². The fourth-order valence-corrected chi connectivity index (χ4v) is 6.35. The largest absolute Gasteiger partial charge is 0.316 e. The minimum atomic E-state index is 0.261. The van der Waals surface area contributed by atoms with Crippen molar-refractivity contribution in [1.82, 2.24) is 0 Å². The van der Waals surface area contributed by atoms with Crippen LogP contribution in [0.3, 0.4) is 0 Å². The van der Waals surface area contributed by atoms with Crippen LogP contribution in [0.1, 0.15) is 33.3 Å². The lowest BCUT2D eigenvalue weighted by molar-refractivity contribution is -0.919. The smallest absolute Gasteiger partial charge is 0.282 e. The molecule has 1 N–H and O–H groups in total. The van der Waals surface area contributed by atoms with E-state index in [0.29, 0.717) is 12.6 Å². The molecule has 27 heavy (non-hydrogen) atoms. The molecule has 0 radical (unpaired) electrons. The molecule has 2 aliphatic heterocycles. The number of quaternary nitrogens is 1. The molecule has 1 unspecified atom stereocenters. The number of fused-ring (bicyclic) bond motifs is 2. The number of thiophene rings is 2. The van der Waals surface area contributed by atoms with Gasteiger partial charge in [-0.1, -0.05) is 24.3 Å². The van der Waals surface area contributed by atoms with Crippen LogP contribution in [0.5, 0.6) is 0 Å². The van der Waals surface area contributed by atoms with Crippen LogP contribution < -0.4 is 9.80 Å². The van der Waals surface area contributed by atoms with Gasteiger partial charge in [-0.05, 0) is 47.4 Å². The average Bonchev–Trinajstić information content (AvgIpc) is 3.39. The summed E-state index contributed by atoms with van der Waals surface area (Å²) in [4.78, 5) is 19.6. The molecule has 3 aromatic rings. The summed E-state index contributed by atoms with van der Waals surface area (Å²) in [5.74, 6) is 0.261. The molecule has 0 bridgehead atoms. The van der Waals surface area contributed by atoms with Crippen molar-refractivity contribution in [3.05, 3.63) is 74.1 Å². The molecule has 3 nitrogen and oxygen atoms in total. The van der Waals surface area contributed by atoms with Crippen LogP contribution in [-0.4, -0.2) is 25.5 Å². The van der Waals surface area contributed by atoms with E-state index in [0.717, 1.165) is 38.0 Å². The van der Waals surface area contributed by atoms with Gasteiger partial charge in [-0.25, -0.2) is 0 Å². The van der Waals surface area contributed by atoms with E-state index in [1.54, 1.807) is 0 Å². The lowest BCUT2D eigenvalue weighted by atomic mass is 9.98. The van der Waals surface area contributed by atoms with Gasteiger partial charge in [0.2, 0.25) is 0 Å². The van der Waals surface area contributed by atoms with E-state index in [1.165, 1.54) is 25.8 Å². The fraction of sp³-hybridized carbons (Fsp3) is 0.318. The normalized spacial score (nSPS) is 21.6. The number of nitrogens with zero attached hydrogens (tertiary/aromatic N) is 1. The fourth-order valence-electron chi connectivity index (χ4n) is 4.53. The third-order valence-electron chi connectivity index (χ3n) is 5.79. The van der Waals surface area contributed by atoms with Gasteiger partial charge in [0.1, 0.15) is 6.04 Å². The molecule has 138 valence electrons. The third kappa shape index (κ3) is 3.14. The second-order valence-corrected chi connectivity index (χ2v) is 9.34. The number of para-hydroxylation sites is 1. The van der Waals surface area contributed by atoms with E-state index in [4.69, 9.17) is 0 Å². The zero-order chi connectivity index (χ0) is 18.2. The Morgan fingerprint density at radius 2 is 2.00 bits per heavy atom. The van der Waals surface area contributed by atoms with Gasteiger partial charge in [-0.15, -0.1) is 22.7 Å². The molecule has 0 saturated carbocycles. The van der Waals surface area contributed by atoms with Gasteiger partial charge in [0.05, 0.1) is 11.4 Å². The van der Waals surface area contributed by atoms with E-state index in [9.17, 15) is 4.79 Å². The van der Waals surface area contributed by atoms with Crippen molar-refractivity contribution in [1.29, 1.82) is 0 Å². The molecule has 0 fully saturated rings. The molecule has 2 aromatic heterocycles. The first-order valence-corrected chi connectivity index (χ1v) is 11.4. The Balaban J connectivity index is 1.43. The van der Waals surface area contributed by atoms with Crippen LogP contribution in [0.4, 0.5) is 5.69 Å². The summed E-state index contributed by atoms with van der Waals surface area (Å²) in [5, 5.41) is 4.35. The monoisotopic (exact) mass is 395 g/mol. The Morgan fingerprint density at radius 3 is 2.89 bits per heavy atom. The molecule has 5 rings (SSSR count). The number of hydrogen-bond acceptors (Lipinski definition) is 3. The van der Waals surface area contributed by atoms with Crippen molar-refractivity contribution in [2.75, 3.05) is 24.5 Å². The standard InChI is InChI=1S/C22H22N2OS2/c25-21(24-11-3-6-16-5-1-2-7-18(16)24)15-23-12-9-19-17(10-14-27-19)22(23)20-8-4-13-26-20/h1-2,4-5,7-8,10,13-14,22H,3,6,9,11-12,15H2/p+1/t22-/m0/s1. The van der Waals surface area contributed by atoms with E-state index in [-0.39, 0.29) is 5.91 Å². The highest BCUT2D eigenvalue weighted by atomic mass is 32.1. The van der Waals surface area contributed by atoms with Crippen LogP contribution >= 0.6 is 22.7 Å². The van der Waals surface area contributed by atoms with Crippen LogP contribution in [0.15, 0.2) is 53.2 Å². The molecule has 4 heterocycles. The number of rotatable bonds is 3. The van der Waals surface area contributed by atoms with E-state index in [2.05, 4.69) is 47.2 Å². The van der Waals surface area contributed by atoms with Crippen LogP contribution in [0.2, 0.25) is 0 Å². The number of anilines is 1. The average molecular weight is 396 g/mol. The zero-order valence-electron chi connectivity index (χ0n) is 15.2. The molecule has 2 aliphatic rings. The third-order valence-corrected chi connectivity index (χ3v) is 7.72. The highest BCUT2D eigenvalue weighted by molar-refractivity contribution is 7.10. The summed E-state index contributed by atoms with van der Waals surface area (Å²) in [6.45, 7) is 2.43. The first-order valence-electron chi connectivity index (χ1n) is 9.64. The Bertz CT molecular complexity index is 947. The molecule has 1 aromatic carbocycles. The van der Waals surface area contributed by atoms with Gasteiger partial charge in [-0.3, -0.25) is 4.79 Å². The topological polar surface area (TPSA) is 24.8 Å². The molecule has 0 saturated heterocycles. The minimum absolute atomic E-state index is 0.261. The number of amides is 1. The van der Waals surface area contributed by atoms with E-state index >= 15 is 0 Å². The van der Waals surface area contributed by atoms with Crippen molar-refractivity contribution >= 4 is 34.3 Å². The maximum absolute atomic E-state index is 13.3. The molecular formula is C22H23N2OS2+. The predicted molar refractivity (Wildman–Crippen MR) is 112 cm³/mol. The minimum Gasteiger partial charge on any atom is -0.316 e. The maximum atomic E-state index is 13.3. The van der Waals surface area contributed by atoms with Crippen molar-refractivity contribution in [3.8, 4) is 0 Å². The first kappa shape index (κ1) is 17.2. The van der Waals surface area contributed by atoms with Gasteiger partial charge in [0, 0.05) is 29.1 Å². The predicted octanol–water partition coefficient (Wildman–Crippen LogP) is 3.32. The molecule has 0 aliphatic carbocycles. The van der Waals surface area contributed by atoms with E-state index in [1.807, 2.05) is 33.6 Å². The van der Waals surface area contributed by atoms with Gasteiger partial charge >= 0.3 is 0 Å². The molecule has 1 amide bonds. The summed E-state index contributed by atoms with van der Waals surface area (Å²) in [6.07, 6.45) is 3.21. The Labute approximate surface area is 167 Å². The van der Waals surface area contributed by atoms with Crippen molar-refractivity contribution in [2.45, 2.75) is 25.3 Å². The van der Waals surface area contributed by atoms with Gasteiger partial charge in [-0.2, -0.15) is 0 Å². The van der Waals surface area contributed by atoms with Gasteiger partial charge in [0.15, 0.2) is 6.54 Å².